The van der Waals surface area contributed by atoms with Gasteiger partial charge < -0.3 is 24.8 Å². The van der Waals surface area contributed by atoms with Crippen LogP contribution < -0.4 is 15.0 Å². The van der Waals surface area contributed by atoms with Crippen molar-refractivity contribution >= 4 is 17.7 Å². The summed E-state index contributed by atoms with van der Waals surface area (Å²) in [6.45, 7) is 6.57. The van der Waals surface area contributed by atoms with E-state index in [-0.39, 0.29) is 29.5 Å². The third-order valence-corrected chi connectivity index (χ3v) is 6.17. The van der Waals surface area contributed by atoms with E-state index in [4.69, 9.17) is 20.0 Å². The lowest BCUT2D eigenvalue weighted by atomic mass is 10.1. The highest BCUT2D eigenvalue weighted by Gasteiger charge is 2.29. The Hall–Kier alpha value is -3.61. The van der Waals surface area contributed by atoms with E-state index in [0.29, 0.717) is 45.4 Å². The summed E-state index contributed by atoms with van der Waals surface area (Å²) < 4.78 is 20.2. The van der Waals surface area contributed by atoms with Gasteiger partial charge >= 0.3 is 6.03 Å². The van der Waals surface area contributed by atoms with Crippen molar-refractivity contribution in [2.75, 3.05) is 43.9 Å². The molecule has 9 nitrogen and oxygen atoms in total. The number of amides is 2. The number of hydrogen-bond acceptors (Lipinski definition) is 7. The fourth-order valence-corrected chi connectivity index (χ4v) is 4.39. The highest BCUT2D eigenvalue weighted by atomic mass is 19.1. The van der Waals surface area contributed by atoms with Crippen LogP contribution in [0, 0.1) is 17.1 Å². The molecule has 186 valence electrons. The fourth-order valence-electron chi connectivity index (χ4n) is 4.39. The highest BCUT2D eigenvalue weighted by molar-refractivity contribution is 5.74. The normalized spacial score (nSPS) is 16.0. The molecule has 35 heavy (non-hydrogen) atoms. The smallest absolute Gasteiger partial charge is 0.319 e. The number of urea groups is 1. The van der Waals surface area contributed by atoms with Crippen molar-refractivity contribution < 1.29 is 13.9 Å². The van der Waals surface area contributed by atoms with Gasteiger partial charge in [-0.3, -0.25) is 0 Å². The van der Waals surface area contributed by atoms with E-state index in [1.165, 1.54) is 12.1 Å². The Labute approximate surface area is 205 Å². The van der Waals surface area contributed by atoms with Gasteiger partial charge in [0, 0.05) is 59.0 Å². The molecule has 4 rings (SSSR count). The monoisotopic (exact) mass is 481 g/mol. The molecule has 1 fully saturated rings. The summed E-state index contributed by atoms with van der Waals surface area (Å²) in [6.07, 6.45) is 1.97. The number of nitriles is 1. The molecule has 0 aliphatic carbocycles. The number of anilines is 2. The maximum absolute atomic E-state index is 14.2. The van der Waals surface area contributed by atoms with E-state index >= 15 is 0 Å². The first-order valence-electron chi connectivity index (χ1n) is 12.0. The minimum atomic E-state index is -0.516. The maximum Gasteiger partial charge on any atom is 0.319 e. The number of aromatic nitrogens is 2. The number of ether oxygens (including phenoxy) is 1. The van der Waals surface area contributed by atoms with Crippen LogP contribution in [0.3, 0.4) is 0 Å². The standard InChI is InChI=1S/C25H32FN7O2/c1-16(2)28-23-24(30-20-9-12-33(15-21(20)29-23)25(34)31(3)4)32-10-7-18(8-11-32)35-22-6-5-17(14-27)13-19(22)26/h5-6,13,16,18H,7-12,15H2,1-4H3,(H,28,29). The van der Waals surface area contributed by atoms with Gasteiger partial charge in [-0.05, 0) is 32.0 Å². The van der Waals surface area contributed by atoms with Crippen molar-refractivity contribution in [3.8, 4) is 11.8 Å². The molecule has 10 heteroatoms. The minimum absolute atomic E-state index is 0.0272. The second-order valence-corrected chi connectivity index (χ2v) is 9.50. The van der Waals surface area contributed by atoms with Crippen molar-refractivity contribution in [3.05, 3.63) is 41.0 Å². The van der Waals surface area contributed by atoms with Crippen LogP contribution in [-0.4, -0.2) is 71.7 Å². The van der Waals surface area contributed by atoms with E-state index < -0.39 is 5.82 Å². The molecular weight excluding hydrogens is 449 g/mol. The van der Waals surface area contributed by atoms with Gasteiger partial charge in [-0.1, -0.05) is 0 Å². The Morgan fingerprint density at radius 1 is 1.23 bits per heavy atom. The van der Waals surface area contributed by atoms with Crippen molar-refractivity contribution in [1.82, 2.24) is 19.8 Å². The molecule has 3 heterocycles. The summed E-state index contributed by atoms with van der Waals surface area (Å²) in [6, 6.07) is 6.36. The van der Waals surface area contributed by atoms with E-state index in [2.05, 4.69) is 24.1 Å². The Morgan fingerprint density at radius 3 is 2.60 bits per heavy atom. The SMILES string of the molecule is CC(C)Nc1nc2c(nc1N1CCC(Oc3ccc(C#N)cc3F)CC1)CCN(C(=O)N(C)C)C2. The molecule has 0 spiro atoms. The third-order valence-electron chi connectivity index (χ3n) is 6.17. The van der Waals surface area contributed by atoms with Gasteiger partial charge in [-0.2, -0.15) is 5.26 Å². The number of nitrogens with zero attached hydrogens (tertiary/aromatic N) is 6. The summed E-state index contributed by atoms with van der Waals surface area (Å²) in [5, 5.41) is 12.3. The molecular formula is C25H32FN7O2. The van der Waals surface area contributed by atoms with Gasteiger partial charge in [0.15, 0.2) is 23.2 Å². The molecule has 1 saturated heterocycles. The third kappa shape index (κ3) is 5.56. The number of halogens is 1. The molecule has 2 aliphatic heterocycles. The number of hydrogen-bond donors (Lipinski definition) is 1. The summed E-state index contributed by atoms with van der Waals surface area (Å²) in [4.78, 5) is 27.9. The lowest BCUT2D eigenvalue weighted by Gasteiger charge is -2.35. The zero-order valence-electron chi connectivity index (χ0n) is 20.7. The predicted molar refractivity (Wildman–Crippen MR) is 131 cm³/mol. The number of piperidine rings is 1. The molecule has 1 N–H and O–H groups in total. The van der Waals surface area contributed by atoms with Crippen molar-refractivity contribution in [2.24, 2.45) is 0 Å². The molecule has 0 bridgehead atoms. The maximum atomic E-state index is 14.2. The first-order chi connectivity index (χ1) is 16.7. The van der Waals surface area contributed by atoms with Crippen LogP contribution in [0.1, 0.15) is 43.6 Å². The predicted octanol–water partition coefficient (Wildman–Crippen LogP) is 3.40. The quantitative estimate of drug-likeness (QED) is 0.699. The van der Waals surface area contributed by atoms with Crippen LogP contribution in [0.5, 0.6) is 5.75 Å². The summed E-state index contributed by atoms with van der Waals surface area (Å²) >= 11 is 0. The number of fused-ring (bicyclic) bond motifs is 1. The van der Waals surface area contributed by atoms with Crippen LogP contribution in [0.25, 0.3) is 0 Å². The largest absolute Gasteiger partial charge is 0.487 e. The van der Waals surface area contributed by atoms with Crippen LogP contribution in [0.15, 0.2) is 18.2 Å². The van der Waals surface area contributed by atoms with Crippen molar-refractivity contribution in [2.45, 2.75) is 51.8 Å². The average molecular weight is 482 g/mol. The van der Waals surface area contributed by atoms with Gasteiger partial charge in [0.1, 0.15) is 6.10 Å². The molecule has 2 aromatic rings. The molecule has 0 saturated carbocycles. The first kappa shape index (κ1) is 24.5. The van der Waals surface area contributed by atoms with E-state index in [1.54, 1.807) is 30.0 Å². The van der Waals surface area contributed by atoms with Gasteiger partial charge in [-0.15, -0.1) is 0 Å². The first-order valence-corrected chi connectivity index (χ1v) is 12.0. The molecule has 0 atom stereocenters. The van der Waals surface area contributed by atoms with Crippen LogP contribution in [-0.2, 0) is 13.0 Å². The van der Waals surface area contributed by atoms with Gasteiger partial charge in [0.2, 0.25) is 0 Å². The van der Waals surface area contributed by atoms with Crippen molar-refractivity contribution in [1.29, 1.82) is 5.26 Å². The van der Waals surface area contributed by atoms with Gasteiger partial charge in [0.25, 0.3) is 0 Å². The molecule has 0 radical (unpaired) electrons. The van der Waals surface area contributed by atoms with E-state index in [9.17, 15) is 9.18 Å². The summed E-state index contributed by atoms with van der Waals surface area (Å²) in [5.41, 5.74) is 2.03. The van der Waals surface area contributed by atoms with Crippen LogP contribution in [0.2, 0.25) is 0 Å². The van der Waals surface area contributed by atoms with Crippen LogP contribution in [0.4, 0.5) is 20.8 Å². The Morgan fingerprint density at radius 2 is 1.97 bits per heavy atom. The van der Waals surface area contributed by atoms with E-state index in [1.807, 2.05) is 6.07 Å². The fraction of sp³-hybridized carbons (Fsp3) is 0.520. The number of benzene rings is 1. The Balaban J connectivity index is 1.48. The average Bonchev–Trinajstić information content (AvgIpc) is 2.84. The zero-order chi connectivity index (χ0) is 25.1. The minimum Gasteiger partial charge on any atom is -0.487 e. The number of rotatable bonds is 5. The molecule has 2 amide bonds. The highest BCUT2D eigenvalue weighted by Crippen LogP contribution is 2.30. The number of nitrogens with one attached hydrogen (secondary N) is 1. The summed E-state index contributed by atoms with van der Waals surface area (Å²) in [5.74, 6) is 1.19. The topological polar surface area (TPSA) is 97.6 Å². The number of carbonyl (C=O) groups excluding carboxylic acids is 1. The van der Waals surface area contributed by atoms with Crippen molar-refractivity contribution in [3.63, 3.8) is 0 Å². The van der Waals surface area contributed by atoms with Gasteiger partial charge in [-0.25, -0.2) is 19.2 Å². The lowest BCUT2D eigenvalue weighted by Crippen LogP contribution is -2.43. The molecule has 1 aromatic heterocycles. The summed E-state index contributed by atoms with van der Waals surface area (Å²) in [7, 11) is 3.50. The second kappa shape index (κ2) is 10.3. The Kier molecular flexibility index (Phi) is 7.24. The van der Waals surface area contributed by atoms with Gasteiger partial charge in [0.05, 0.1) is 29.6 Å². The lowest BCUT2D eigenvalue weighted by molar-refractivity contribution is 0.163. The molecule has 2 aliphatic rings. The number of carbonyl (C=O) groups is 1. The molecule has 1 aromatic carbocycles. The Bertz CT molecular complexity index is 1120. The second-order valence-electron chi connectivity index (χ2n) is 9.50. The molecule has 0 unspecified atom stereocenters. The van der Waals surface area contributed by atoms with E-state index in [0.717, 1.165) is 23.0 Å². The van der Waals surface area contributed by atoms with Crippen LogP contribution >= 0.6 is 0 Å². The zero-order valence-corrected chi connectivity index (χ0v) is 20.7.